The molecule has 0 heterocycles. The zero-order valence-corrected chi connectivity index (χ0v) is 31.5. The number of hydrogen-bond acceptors (Lipinski definition) is 9. The second kappa shape index (κ2) is 20.4. The van der Waals surface area contributed by atoms with E-state index >= 15 is 0 Å². The van der Waals surface area contributed by atoms with Crippen LogP contribution in [0.1, 0.15) is 39.5 Å². The number of hydrogen-bond donors (Lipinski definition) is 4. The maximum atomic E-state index is 14.1. The van der Waals surface area contributed by atoms with Gasteiger partial charge in [-0.05, 0) is 72.5 Å². The number of benzene rings is 4. The van der Waals surface area contributed by atoms with Crippen molar-refractivity contribution in [2.24, 2.45) is 5.16 Å². The predicted octanol–water partition coefficient (Wildman–Crippen LogP) is 5.44. The molecule has 4 rings (SSSR count). The molecule has 56 heavy (non-hydrogen) atoms. The van der Waals surface area contributed by atoms with Crippen molar-refractivity contribution in [2.45, 2.75) is 44.8 Å². The van der Waals surface area contributed by atoms with E-state index in [1.165, 1.54) is 19.2 Å². The van der Waals surface area contributed by atoms with Crippen LogP contribution < -0.4 is 19.7 Å². The van der Waals surface area contributed by atoms with Crippen LogP contribution in [0.4, 0.5) is 27.6 Å². The molecule has 0 aliphatic rings. The SMILES string of the molecule is COc1cccc(CNC[C@@H](O)[C@H](Cc2cc(F)cc(F)c2)NC(=O)c2cc(/C(C)=N/OCc3ccccc3)cc(N(C)S(C)(=O)=O)c2)c1.O=C(O)C(F)(F)F. The van der Waals surface area contributed by atoms with Gasteiger partial charge in [-0.25, -0.2) is 22.0 Å². The second-order valence-electron chi connectivity index (χ2n) is 12.3. The minimum Gasteiger partial charge on any atom is -0.497 e. The Kier molecular flexibility index (Phi) is 16.3. The molecule has 0 unspecified atom stereocenters. The molecule has 4 N–H and O–H groups in total. The Hall–Kier alpha value is -5.59. The Morgan fingerprint density at radius 2 is 1.50 bits per heavy atom. The molecule has 0 saturated heterocycles. The van der Waals surface area contributed by atoms with Crippen LogP contribution in [0.5, 0.6) is 5.75 Å². The number of aliphatic hydroxyl groups excluding tert-OH is 1. The van der Waals surface area contributed by atoms with Crippen LogP contribution in [0, 0.1) is 11.6 Å². The topological polar surface area (TPSA) is 167 Å². The summed E-state index contributed by atoms with van der Waals surface area (Å²) >= 11 is 0. The van der Waals surface area contributed by atoms with E-state index in [0.717, 1.165) is 39.9 Å². The number of carboxylic acids is 1. The number of rotatable bonds is 16. The number of nitrogens with one attached hydrogen (secondary N) is 2. The van der Waals surface area contributed by atoms with E-state index in [0.29, 0.717) is 23.6 Å². The van der Waals surface area contributed by atoms with Gasteiger partial charge < -0.3 is 30.4 Å². The molecule has 0 aromatic heterocycles. The van der Waals surface area contributed by atoms with Gasteiger partial charge in [0.05, 0.1) is 36.9 Å². The molecule has 0 aliphatic heterocycles. The maximum absolute atomic E-state index is 14.1. The van der Waals surface area contributed by atoms with Gasteiger partial charge in [0.2, 0.25) is 10.0 Å². The number of ether oxygens (including phenoxy) is 1. The highest BCUT2D eigenvalue weighted by molar-refractivity contribution is 7.92. The van der Waals surface area contributed by atoms with Crippen LogP contribution in [-0.4, -0.2) is 81.5 Å². The summed E-state index contributed by atoms with van der Waals surface area (Å²) < 4.78 is 91.1. The molecule has 12 nitrogen and oxygen atoms in total. The molecule has 4 aromatic rings. The van der Waals surface area contributed by atoms with Crippen molar-refractivity contribution < 1.29 is 59.7 Å². The monoisotopic (exact) mass is 808 g/mol. The molecule has 18 heteroatoms. The van der Waals surface area contributed by atoms with E-state index in [1.807, 2.05) is 48.5 Å². The number of anilines is 1. The van der Waals surface area contributed by atoms with Crippen LogP contribution in [-0.2, 0) is 39.2 Å². The summed E-state index contributed by atoms with van der Waals surface area (Å²) in [4.78, 5) is 28.2. The molecule has 0 fully saturated rings. The van der Waals surface area contributed by atoms with Gasteiger partial charge in [-0.1, -0.05) is 47.6 Å². The van der Waals surface area contributed by atoms with Crippen molar-refractivity contribution in [3.63, 3.8) is 0 Å². The summed E-state index contributed by atoms with van der Waals surface area (Å²) in [7, 11) is -0.799. The molecule has 0 spiro atoms. The molecule has 4 aromatic carbocycles. The minimum absolute atomic E-state index is 0.0204. The van der Waals surface area contributed by atoms with E-state index < -0.39 is 51.9 Å². The minimum atomic E-state index is -5.08. The first-order valence-corrected chi connectivity index (χ1v) is 18.5. The number of alkyl halides is 3. The lowest BCUT2D eigenvalue weighted by molar-refractivity contribution is -0.192. The average molecular weight is 809 g/mol. The van der Waals surface area contributed by atoms with E-state index in [2.05, 4.69) is 15.8 Å². The van der Waals surface area contributed by atoms with Crippen molar-refractivity contribution in [2.75, 3.05) is 31.3 Å². The Morgan fingerprint density at radius 3 is 2.09 bits per heavy atom. The van der Waals surface area contributed by atoms with Gasteiger partial charge in [0.25, 0.3) is 5.91 Å². The smallest absolute Gasteiger partial charge is 0.490 e. The second-order valence-corrected chi connectivity index (χ2v) is 14.4. The van der Waals surface area contributed by atoms with Gasteiger partial charge in [0, 0.05) is 37.3 Å². The Balaban J connectivity index is 0.00000109. The number of aliphatic carboxylic acids is 1. The molecule has 2 atom stereocenters. The molecule has 1 amide bonds. The van der Waals surface area contributed by atoms with Gasteiger partial charge in [-0.15, -0.1) is 0 Å². The summed E-state index contributed by atoms with van der Waals surface area (Å²) in [5.41, 5.74) is 3.05. The number of methoxy groups -OCH3 is 1. The summed E-state index contributed by atoms with van der Waals surface area (Å²) in [5, 5.41) is 28.5. The van der Waals surface area contributed by atoms with Crippen molar-refractivity contribution in [3.05, 3.63) is 130 Å². The molecule has 0 bridgehead atoms. The third-order valence-corrected chi connectivity index (χ3v) is 9.16. The zero-order chi connectivity index (χ0) is 41.6. The predicted molar refractivity (Wildman–Crippen MR) is 199 cm³/mol. The summed E-state index contributed by atoms with van der Waals surface area (Å²) in [6.45, 7) is 2.25. The summed E-state index contributed by atoms with van der Waals surface area (Å²) in [6, 6.07) is 23.2. The highest BCUT2D eigenvalue weighted by Crippen LogP contribution is 2.23. The highest BCUT2D eigenvalue weighted by Gasteiger charge is 2.38. The third-order valence-electron chi connectivity index (χ3n) is 7.95. The van der Waals surface area contributed by atoms with E-state index in [4.69, 9.17) is 19.5 Å². The van der Waals surface area contributed by atoms with Gasteiger partial charge >= 0.3 is 12.1 Å². The van der Waals surface area contributed by atoms with Gasteiger partial charge in [-0.3, -0.25) is 9.10 Å². The fourth-order valence-corrected chi connectivity index (χ4v) is 5.45. The number of carbonyl (C=O) groups is 2. The van der Waals surface area contributed by atoms with Crippen LogP contribution in [0.2, 0.25) is 0 Å². The van der Waals surface area contributed by atoms with E-state index in [9.17, 15) is 40.3 Å². The number of carbonyl (C=O) groups excluding carboxylic acids is 1. The summed E-state index contributed by atoms with van der Waals surface area (Å²) in [6.07, 6.45) is -5.35. The number of oxime groups is 1. The Labute approximate surface area is 320 Å². The Bertz CT molecular complexity index is 2070. The first-order chi connectivity index (χ1) is 26.3. The molecular weight excluding hydrogens is 767 g/mol. The fraction of sp³-hybridized carbons (Fsp3) is 0.289. The van der Waals surface area contributed by atoms with E-state index in [-0.39, 0.29) is 36.4 Å². The van der Waals surface area contributed by atoms with Gasteiger partial charge in [0.1, 0.15) is 24.0 Å². The van der Waals surface area contributed by atoms with E-state index in [1.54, 1.807) is 26.2 Å². The van der Waals surface area contributed by atoms with Crippen LogP contribution in [0.25, 0.3) is 0 Å². The lowest BCUT2D eigenvalue weighted by atomic mass is 9.99. The molecular formula is C38H41F5N4O8S. The van der Waals surface area contributed by atoms with Gasteiger partial charge in [-0.2, -0.15) is 13.2 Å². The number of carboxylic acid groups (broad SMARTS) is 1. The maximum Gasteiger partial charge on any atom is 0.490 e. The largest absolute Gasteiger partial charge is 0.497 e. The number of halogens is 5. The molecule has 0 aliphatic carbocycles. The van der Waals surface area contributed by atoms with Crippen LogP contribution >= 0.6 is 0 Å². The number of amides is 1. The first kappa shape index (κ1) is 44.8. The number of nitrogens with zero attached hydrogens (tertiary/aromatic N) is 2. The van der Waals surface area contributed by atoms with Crippen molar-refractivity contribution in [3.8, 4) is 5.75 Å². The highest BCUT2D eigenvalue weighted by atomic mass is 32.2. The van der Waals surface area contributed by atoms with Crippen molar-refractivity contribution >= 4 is 33.3 Å². The standard InChI is InChI=1S/C36H40F2N4O6S.C2HF3O2/c1-24(41-48-23-25-9-6-5-7-10-25)28-17-29(19-32(18-28)42(2)49(4,45)46)36(44)40-34(16-27-13-30(37)20-31(38)14-27)35(43)22-39-21-26-11-8-12-33(15-26)47-3;3-2(4,5)1(6)7/h5-15,17-20,34-35,39,43H,16,21-23H2,1-4H3,(H,40,44);(H,6,7)/b41-24+;/t34-,35+;/m0./s1. The lowest BCUT2D eigenvalue weighted by Gasteiger charge is -2.26. The zero-order valence-electron chi connectivity index (χ0n) is 30.7. The summed E-state index contributed by atoms with van der Waals surface area (Å²) in [5.74, 6) is -4.33. The molecule has 0 saturated carbocycles. The molecule has 0 radical (unpaired) electrons. The number of sulfonamides is 1. The fourth-order valence-electron chi connectivity index (χ4n) is 4.96. The number of aliphatic hydroxyl groups is 1. The van der Waals surface area contributed by atoms with Crippen molar-refractivity contribution in [1.29, 1.82) is 0 Å². The van der Waals surface area contributed by atoms with Crippen molar-refractivity contribution in [1.82, 2.24) is 10.6 Å². The van der Waals surface area contributed by atoms with Gasteiger partial charge in [0.15, 0.2) is 0 Å². The lowest BCUT2D eigenvalue weighted by Crippen LogP contribution is -2.48. The molecule has 302 valence electrons. The normalized spacial score (nSPS) is 12.8. The Morgan fingerprint density at radius 1 is 0.893 bits per heavy atom. The average Bonchev–Trinajstić information content (AvgIpc) is 3.13. The van der Waals surface area contributed by atoms with Crippen LogP contribution in [0.15, 0.2) is 96.2 Å². The van der Waals surface area contributed by atoms with Crippen LogP contribution in [0.3, 0.4) is 0 Å². The quantitative estimate of drug-likeness (QED) is 0.0656. The third kappa shape index (κ3) is 14.6. The first-order valence-electron chi connectivity index (χ1n) is 16.6.